The molecule has 0 atom stereocenters. The van der Waals surface area contributed by atoms with E-state index in [0.717, 1.165) is 0 Å². The van der Waals surface area contributed by atoms with Gasteiger partial charge in [-0.1, -0.05) is 0 Å². The van der Waals surface area contributed by atoms with E-state index in [0.29, 0.717) is 18.0 Å². The van der Waals surface area contributed by atoms with Gasteiger partial charge in [0, 0.05) is 30.6 Å². The molecule has 3 rings (SSSR count). The zero-order chi connectivity index (χ0) is 19.4. The molecule has 0 aliphatic carbocycles. The fourth-order valence-electron chi connectivity index (χ4n) is 2.88. The monoisotopic (exact) mass is 409 g/mol. The molecule has 1 aromatic carbocycles. The summed E-state index contributed by atoms with van der Waals surface area (Å²) in [6, 6.07) is 5.63. The Balaban J connectivity index is 1.62. The number of carbonyl (C=O) groups is 2. The summed E-state index contributed by atoms with van der Waals surface area (Å²) in [6.07, 6.45) is 2.49. The van der Waals surface area contributed by atoms with Crippen LogP contribution in [0, 0.1) is 5.92 Å². The van der Waals surface area contributed by atoms with Crippen LogP contribution in [0.25, 0.3) is 0 Å². The summed E-state index contributed by atoms with van der Waals surface area (Å²) < 4.78 is 31.5. The first-order chi connectivity index (χ1) is 12.9. The summed E-state index contributed by atoms with van der Waals surface area (Å²) in [5, 5.41) is 5.07. The number of anilines is 1. The molecule has 1 N–H and O–H groups in total. The van der Waals surface area contributed by atoms with Gasteiger partial charge >= 0.3 is 5.97 Å². The third-order valence-electron chi connectivity index (χ3n) is 4.40. The Morgan fingerprint density at radius 1 is 1.22 bits per heavy atom. The lowest BCUT2D eigenvalue weighted by Gasteiger charge is -2.30. The number of carbonyl (C=O) groups excluding carboxylic acids is 2. The van der Waals surface area contributed by atoms with E-state index >= 15 is 0 Å². The summed E-state index contributed by atoms with van der Waals surface area (Å²) in [5.41, 5.74) is 0.286. The number of benzene rings is 1. The molecule has 27 heavy (non-hydrogen) atoms. The smallest absolute Gasteiger partial charge is 0.337 e. The average Bonchev–Trinajstić information content (AvgIpc) is 3.20. The van der Waals surface area contributed by atoms with Crippen LogP contribution in [0.3, 0.4) is 0 Å². The second-order valence-electron chi connectivity index (χ2n) is 6.02. The van der Waals surface area contributed by atoms with Crippen molar-refractivity contribution < 1.29 is 22.7 Å². The standard InChI is InChI=1S/C17H19N3O5S2/c1-25-16(22)13-2-4-14(5-3-13)27(23,24)20-9-6-12(7-10-20)15(21)19-17-18-8-11-26-17/h2-5,8,11-12H,6-7,9-10H2,1H3,(H,18,19,21). The average molecular weight is 409 g/mol. The molecule has 2 heterocycles. The first kappa shape index (κ1) is 19.5. The van der Waals surface area contributed by atoms with E-state index in [4.69, 9.17) is 0 Å². The molecule has 144 valence electrons. The number of nitrogens with one attached hydrogen (secondary N) is 1. The topological polar surface area (TPSA) is 106 Å². The molecule has 1 saturated heterocycles. The van der Waals surface area contributed by atoms with Crippen molar-refractivity contribution in [2.24, 2.45) is 5.92 Å². The van der Waals surface area contributed by atoms with Crippen LogP contribution in [0.2, 0.25) is 0 Å². The minimum atomic E-state index is -3.67. The molecule has 0 spiro atoms. The Morgan fingerprint density at radius 2 is 1.89 bits per heavy atom. The molecular formula is C17H19N3O5S2. The Morgan fingerprint density at radius 3 is 2.44 bits per heavy atom. The van der Waals surface area contributed by atoms with Gasteiger partial charge in [-0.3, -0.25) is 4.79 Å². The maximum atomic E-state index is 12.8. The van der Waals surface area contributed by atoms with Crippen molar-refractivity contribution in [3.8, 4) is 0 Å². The lowest BCUT2D eigenvalue weighted by Crippen LogP contribution is -2.41. The number of amides is 1. The maximum Gasteiger partial charge on any atom is 0.337 e. The number of hydrogen-bond donors (Lipinski definition) is 1. The van der Waals surface area contributed by atoms with E-state index < -0.39 is 16.0 Å². The van der Waals surface area contributed by atoms with Crippen molar-refractivity contribution in [2.75, 3.05) is 25.5 Å². The van der Waals surface area contributed by atoms with Gasteiger partial charge in [0.15, 0.2) is 5.13 Å². The van der Waals surface area contributed by atoms with Crippen LogP contribution in [0.1, 0.15) is 23.2 Å². The van der Waals surface area contributed by atoms with E-state index in [-0.39, 0.29) is 35.4 Å². The minimum Gasteiger partial charge on any atom is -0.465 e. The maximum absolute atomic E-state index is 12.8. The summed E-state index contributed by atoms with van der Waals surface area (Å²) in [6.45, 7) is 0.522. The highest BCUT2D eigenvalue weighted by Gasteiger charge is 2.32. The lowest BCUT2D eigenvalue weighted by atomic mass is 9.97. The molecule has 2 aromatic rings. The van der Waals surface area contributed by atoms with E-state index in [1.165, 1.54) is 47.0 Å². The zero-order valence-corrected chi connectivity index (χ0v) is 16.3. The third-order valence-corrected chi connectivity index (χ3v) is 7.00. The highest BCUT2D eigenvalue weighted by molar-refractivity contribution is 7.89. The van der Waals surface area contributed by atoms with Gasteiger partial charge in [0.25, 0.3) is 0 Å². The van der Waals surface area contributed by atoms with Crippen molar-refractivity contribution in [1.29, 1.82) is 0 Å². The summed E-state index contributed by atoms with van der Waals surface area (Å²) in [4.78, 5) is 27.9. The summed E-state index contributed by atoms with van der Waals surface area (Å²) >= 11 is 1.34. The Bertz CT molecular complexity index is 903. The van der Waals surface area contributed by atoms with Crippen LogP contribution >= 0.6 is 11.3 Å². The van der Waals surface area contributed by atoms with Crippen LogP contribution in [0.5, 0.6) is 0 Å². The number of hydrogen-bond acceptors (Lipinski definition) is 7. The second-order valence-corrected chi connectivity index (χ2v) is 8.85. The summed E-state index contributed by atoms with van der Waals surface area (Å²) in [7, 11) is -2.41. The van der Waals surface area contributed by atoms with Crippen molar-refractivity contribution in [1.82, 2.24) is 9.29 Å². The molecule has 1 aromatic heterocycles. The van der Waals surface area contributed by atoms with Crippen LogP contribution in [-0.2, 0) is 19.6 Å². The molecule has 1 fully saturated rings. The van der Waals surface area contributed by atoms with Gasteiger partial charge in [-0.2, -0.15) is 4.31 Å². The molecule has 0 saturated carbocycles. The van der Waals surface area contributed by atoms with Crippen molar-refractivity contribution in [3.63, 3.8) is 0 Å². The third kappa shape index (κ3) is 4.34. The molecule has 0 bridgehead atoms. The van der Waals surface area contributed by atoms with E-state index in [9.17, 15) is 18.0 Å². The van der Waals surface area contributed by atoms with Crippen molar-refractivity contribution >= 4 is 38.4 Å². The molecule has 0 radical (unpaired) electrons. The van der Waals surface area contributed by atoms with Crippen LogP contribution < -0.4 is 5.32 Å². The van der Waals surface area contributed by atoms with Gasteiger partial charge in [0.05, 0.1) is 17.6 Å². The lowest BCUT2D eigenvalue weighted by molar-refractivity contribution is -0.120. The van der Waals surface area contributed by atoms with Crippen LogP contribution in [0.15, 0.2) is 40.7 Å². The predicted octanol–water partition coefficient (Wildman–Crippen LogP) is 1.97. The number of thiazole rings is 1. The van der Waals surface area contributed by atoms with Gasteiger partial charge < -0.3 is 10.1 Å². The quantitative estimate of drug-likeness (QED) is 0.757. The minimum absolute atomic E-state index is 0.112. The van der Waals surface area contributed by atoms with Crippen molar-refractivity contribution in [3.05, 3.63) is 41.4 Å². The Labute approximate surface area is 161 Å². The predicted molar refractivity (Wildman–Crippen MR) is 100 cm³/mol. The zero-order valence-electron chi connectivity index (χ0n) is 14.6. The molecule has 10 heteroatoms. The molecule has 1 aliphatic heterocycles. The normalized spacial score (nSPS) is 16.0. The number of rotatable bonds is 5. The molecular weight excluding hydrogens is 390 g/mol. The summed E-state index contributed by atoms with van der Waals surface area (Å²) in [5.74, 6) is -0.905. The van der Waals surface area contributed by atoms with Gasteiger partial charge in [0.2, 0.25) is 15.9 Å². The largest absolute Gasteiger partial charge is 0.465 e. The van der Waals surface area contributed by atoms with Gasteiger partial charge in [-0.25, -0.2) is 18.2 Å². The van der Waals surface area contributed by atoms with E-state index in [2.05, 4.69) is 15.0 Å². The van der Waals surface area contributed by atoms with Crippen LogP contribution in [0.4, 0.5) is 5.13 Å². The number of esters is 1. The SMILES string of the molecule is COC(=O)c1ccc(S(=O)(=O)N2CCC(C(=O)Nc3nccs3)CC2)cc1. The van der Waals surface area contributed by atoms with Gasteiger partial charge in [0.1, 0.15) is 0 Å². The first-order valence-electron chi connectivity index (χ1n) is 8.30. The number of methoxy groups -OCH3 is 1. The highest BCUT2D eigenvalue weighted by atomic mass is 32.2. The fourth-order valence-corrected chi connectivity index (χ4v) is 4.88. The molecule has 0 unspecified atom stereocenters. The Kier molecular flexibility index (Phi) is 5.88. The number of piperidine rings is 1. The number of aromatic nitrogens is 1. The highest BCUT2D eigenvalue weighted by Crippen LogP contribution is 2.25. The van der Waals surface area contributed by atoms with Crippen LogP contribution in [-0.4, -0.2) is 49.8 Å². The van der Waals surface area contributed by atoms with Gasteiger partial charge in [-0.05, 0) is 37.1 Å². The number of ether oxygens (including phenoxy) is 1. The van der Waals surface area contributed by atoms with E-state index in [1.807, 2.05) is 0 Å². The van der Waals surface area contributed by atoms with Gasteiger partial charge in [-0.15, -0.1) is 11.3 Å². The number of nitrogens with zero attached hydrogens (tertiary/aromatic N) is 2. The first-order valence-corrected chi connectivity index (χ1v) is 10.6. The van der Waals surface area contributed by atoms with E-state index in [1.54, 1.807) is 11.6 Å². The molecule has 1 aliphatic rings. The fraction of sp³-hybridized carbons (Fsp3) is 0.353. The number of sulfonamides is 1. The molecule has 1 amide bonds. The second kappa shape index (κ2) is 8.15. The molecule has 8 nitrogen and oxygen atoms in total. The Hall–Kier alpha value is -2.30. The van der Waals surface area contributed by atoms with Crippen molar-refractivity contribution in [2.45, 2.75) is 17.7 Å².